The summed E-state index contributed by atoms with van der Waals surface area (Å²) in [5.74, 6) is 0.908. The van der Waals surface area contributed by atoms with Gasteiger partial charge in [0.1, 0.15) is 5.75 Å². The summed E-state index contributed by atoms with van der Waals surface area (Å²) >= 11 is 0. The van der Waals surface area contributed by atoms with Gasteiger partial charge < -0.3 is 10.1 Å². The Morgan fingerprint density at radius 2 is 1.95 bits per heavy atom. The second kappa shape index (κ2) is 5.68. The Hall–Kier alpha value is -1.80. The second-order valence-corrected chi connectivity index (χ2v) is 5.62. The van der Waals surface area contributed by atoms with Gasteiger partial charge in [0, 0.05) is 12.6 Å². The van der Waals surface area contributed by atoms with Gasteiger partial charge in [0.05, 0.1) is 7.11 Å². The largest absolute Gasteiger partial charge is 0.497 e. The lowest BCUT2D eigenvalue weighted by molar-refractivity contribution is 0.415. The van der Waals surface area contributed by atoms with Crippen LogP contribution < -0.4 is 10.1 Å². The molecule has 3 rings (SSSR count). The lowest BCUT2D eigenvalue weighted by Crippen LogP contribution is -2.18. The molecule has 20 heavy (non-hydrogen) atoms. The van der Waals surface area contributed by atoms with E-state index in [0.29, 0.717) is 0 Å². The third kappa shape index (κ3) is 3.20. The third-order valence-electron chi connectivity index (χ3n) is 3.73. The van der Waals surface area contributed by atoms with Crippen molar-refractivity contribution in [1.82, 2.24) is 5.32 Å². The van der Waals surface area contributed by atoms with E-state index in [-0.39, 0.29) is 0 Å². The minimum absolute atomic E-state index is 0.766. The molecule has 2 aromatic rings. The molecule has 0 aromatic heterocycles. The van der Waals surface area contributed by atoms with Gasteiger partial charge in [0.15, 0.2) is 0 Å². The van der Waals surface area contributed by atoms with Gasteiger partial charge in [-0.2, -0.15) is 0 Å². The van der Waals surface area contributed by atoms with Crippen molar-refractivity contribution in [3.05, 3.63) is 47.5 Å². The van der Waals surface area contributed by atoms with Gasteiger partial charge in [0.2, 0.25) is 0 Å². The van der Waals surface area contributed by atoms with Crippen molar-refractivity contribution in [2.24, 2.45) is 0 Å². The summed E-state index contributed by atoms with van der Waals surface area (Å²) in [6, 6.07) is 13.5. The molecule has 0 saturated heterocycles. The first-order valence-electron chi connectivity index (χ1n) is 7.23. The molecule has 2 aromatic carbocycles. The molecule has 0 spiro atoms. The number of ether oxygens (including phenoxy) is 1. The maximum Gasteiger partial charge on any atom is 0.119 e. The summed E-state index contributed by atoms with van der Waals surface area (Å²) < 4.78 is 5.26. The van der Waals surface area contributed by atoms with Crippen LogP contribution in [0.3, 0.4) is 0 Å². The molecule has 0 heterocycles. The third-order valence-corrected chi connectivity index (χ3v) is 3.73. The van der Waals surface area contributed by atoms with Crippen LogP contribution in [0.5, 0.6) is 5.75 Å². The van der Waals surface area contributed by atoms with Gasteiger partial charge in [-0.25, -0.2) is 0 Å². The Bertz CT molecular complexity index is 641. The maximum atomic E-state index is 5.26. The van der Waals surface area contributed by atoms with Crippen molar-refractivity contribution in [2.45, 2.75) is 25.8 Å². The Kier molecular flexibility index (Phi) is 3.75. The summed E-state index contributed by atoms with van der Waals surface area (Å²) in [7, 11) is 1.70. The maximum absolute atomic E-state index is 5.26. The van der Waals surface area contributed by atoms with E-state index in [1.165, 1.54) is 34.8 Å². The molecule has 1 N–H and O–H groups in total. The van der Waals surface area contributed by atoms with E-state index in [0.717, 1.165) is 18.3 Å². The number of rotatable bonds is 5. The van der Waals surface area contributed by atoms with E-state index in [9.17, 15) is 0 Å². The topological polar surface area (TPSA) is 21.3 Å². The van der Waals surface area contributed by atoms with E-state index in [1.807, 2.05) is 6.07 Å². The number of benzene rings is 2. The molecule has 0 atom stereocenters. The van der Waals surface area contributed by atoms with E-state index < -0.39 is 0 Å². The minimum atomic E-state index is 0.766. The highest BCUT2D eigenvalue weighted by Crippen LogP contribution is 2.23. The summed E-state index contributed by atoms with van der Waals surface area (Å²) in [5, 5.41) is 6.01. The van der Waals surface area contributed by atoms with Crippen LogP contribution in [0.25, 0.3) is 16.8 Å². The Balaban J connectivity index is 1.79. The zero-order chi connectivity index (χ0) is 13.9. The first kappa shape index (κ1) is 13.2. The Morgan fingerprint density at radius 1 is 1.20 bits per heavy atom. The predicted molar refractivity (Wildman–Crippen MR) is 85.2 cm³/mol. The van der Waals surface area contributed by atoms with Crippen LogP contribution in [0.15, 0.2) is 42.0 Å². The highest BCUT2D eigenvalue weighted by molar-refractivity contribution is 5.86. The fourth-order valence-corrected chi connectivity index (χ4v) is 2.39. The van der Waals surface area contributed by atoms with Crippen molar-refractivity contribution in [1.29, 1.82) is 0 Å². The molecular formula is C18H21NO. The molecule has 2 heteroatoms. The molecule has 0 amide bonds. The smallest absolute Gasteiger partial charge is 0.119 e. The first-order chi connectivity index (χ1) is 9.74. The monoisotopic (exact) mass is 267 g/mol. The minimum Gasteiger partial charge on any atom is -0.497 e. The van der Waals surface area contributed by atoms with Crippen LogP contribution >= 0.6 is 0 Å². The summed E-state index contributed by atoms with van der Waals surface area (Å²) in [6.45, 7) is 3.18. The Morgan fingerprint density at radius 3 is 2.70 bits per heavy atom. The average Bonchev–Trinajstić information content (AvgIpc) is 3.29. The van der Waals surface area contributed by atoms with E-state index in [1.54, 1.807) is 7.11 Å². The average molecular weight is 267 g/mol. The lowest BCUT2D eigenvalue weighted by atomic mass is 10.0. The summed E-state index contributed by atoms with van der Waals surface area (Å²) in [4.78, 5) is 0. The van der Waals surface area contributed by atoms with Crippen LogP contribution in [0, 0.1) is 0 Å². The number of methoxy groups -OCH3 is 1. The predicted octanol–water partition coefficient (Wildman–Crippen LogP) is 4.00. The van der Waals surface area contributed by atoms with Gasteiger partial charge in [-0.1, -0.05) is 29.8 Å². The molecule has 0 bridgehead atoms. The van der Waals surface area contributed by atoms with Crippen LogP contribution in [-0.2, 0) is 0 Å². The second-order valence-electron chi connectivity index (χ2n) is 5.62. The summed E-state index contributed by atoms with van der Waals surface area (Å²) in [5.41, 5.74) is 2.64. The summed E-state index contributed by atoms with van der Waals surface area (Å²) in [6.07, 6.45) is 4.94. The molecule has 104 valence electrons. The van der Waals surface area contributed by atoms with Gasteiger partial charge in [-0.15, -0.1) is 0 Å². The molecule has 1 fully saturated rings. The zero-order valence-corrected chi connectivity index (χ0v) is 12.1. The molecule has 1 aliphatic carbocycles. The van der Waals surface area contributed by atoms with Crippen molar-refractivity contribution in [3.8, 4) is 5.75 Å². The van der Waals surface area contributed by atoms with Crippen LogP contribution in [0.1, 0.15) is 25.3 Å². The van der Waals surface area contributed by atoms with E-state index >= 15 is 0 Å². The van der Waals surface area contributed by atoms with Gasteiger partial charge in [-0.3, -0.25) is 0 Å². The normalized spacial score (nSPS) is 15.6. The zero-order valence-electron chi connectivity index (χ0n) is 12.1. The molecule has 1 saturated carbocycles. The highest BCUT2D eigenvalue weighted by atomic mass is 16.5. The van der Waals surface area contributed by atoms with E-state index in [2.05, 4.69) is 48.6 Å². The van der Waals surface area contributed by atoms with Crippen molar-refractivity contribution < 1.29 is 4.74 Å². The van der Waals surface area contributed by atoms with Crippen LogP contribution in [0.4, 0.5) is 0 Å². The molecule has 2 nitrogen and oxygen atoms in total. The fraction of sp³-hybridized carbons (Fsp3) is 0.333. The molecule has 0 radical (unpaired) electrons. The van der Waals surface area contributed by atoms with Crippen molar-refractivity contribution >= 4 is 16.8 Å². The van der Waals surface area contributed by atoms with Crippen molar-refractivity contribution in [2.75, 3.05) is 13.7 Å². The number of nitrogens with one attached hydrogen (secondary N) is 1. The van der Waals surface area contributed by atoms with Gasteiger partial charge in [0.25, 0.3) is 0 Å². The fourth-order valence-electron chi connectivity index (χ4n) is 2.39. The number of hydrogen-bond acceptors (Lipinski definition) is 2. The quantitative estimate of drug-likeness (QED) is 0.884. The molecule has 0 unspecified atom stereocenters. The SMILES string of the molecule is COc1ccc2cc(C=C(C)CNC3CC3)ccc2c1. The van der Waals surface area contributed by atoms with Gasteiger partial charge in [-0.05, 0) is 54.3 Å². The number of hydrogen-bond donors (Lipinski definition) is 1. The standard InChI is InChI=1S/C18H21NO/c1-13(12-19-17-6-7-17)9-14-3-4-16-11-18(20-2)8-5-15(16)10-14/h3-5,8-11,17,19H,6-7,12H2,1-2H3. The Labute approximate surface area is 120 Å². The lowest BCUT2D eigenvalue weighted by Gasteiger charge is -2.06. The highest BCUT2D eigenvalue weighted by Gasteiger charge is 2.19. The van der Waals surface area contributed by atoms with Crippen LogP contribution in [-0.4, -0.2) is 19.7 Å². The first-order valence-corrected chi connectivity index (χ1v) is 7.23. The number of fused-ring (bicyclic) bond motifs is 1. The molecule has 1 aliphatic rings. The van der Waals surface area contributed by atoms with Crippen molar-refractivity contribution in [3.63, 3.8) is 0 Å². The van der Waals surface area contributed by atoms with E-state index in [4.69, 9.17) is 4.74 Å². The van der Waals surface area contributed by atoms with Crippen LogP contribution in [0.2, 0.25) is 0 Å². The van der Waals surface area contributed by atoms with Gasteiger partial charge >= 0.3 is 0 Å². The molecular weight excluding hydrogens is 246 g/mol. The molecule has 0 aliphatic heterocycles.